The van der Waals surface area contributed by atoms with Gasteiger partial charge in [0.05, 0.1) is 11.4 Å². The predicted molar refractivity (Wildman–Crippen MR) is 67.6 cm³/mol. The van der Waals surface area contributed by atoms with E-state index in [-0.39, 0.29) is 10.6 Å². The number of rotatable bonds is 3. The molecule has 0 radical (unpaired) electrons. The van der Waals surface area contributed by atoms with Crippen molar-refractivity contribution in [2.45, 2.75) is 12.2 Å². The molecule has 0 amide bonds. The monoisotopic (exact) mass is 272 g/mol. The summed E-state index contributed by atoms with van der Waals surface area (Å²) < 4.78 is 39.0. The average Bonchev–Trinajstić information content (AvgIpc) is 2.79. The summed E-state index contributed by atoms with van der Waals surface area (Å²) in [5.41, 5.74) is 6.22. The fourth-order valence-corrected chi connectivity index (χ4v) is 2.35. The smallest absolute Gasteiger partial charge is 0.397 e. The summed E-state index contributed by atoms with van der Waals surface area (Å²) in [6, 6.07) is 7.71. The zero-order valence-electron chi connectivity index (χ0n) is 9.24. The molecule has 1 aromatic carbocycles. The molecule has 6 heteroatoms. The van der Waals surface area contributed by atoms with E-state index in [0.717, 1.165) is 11.3 Å². The first-order chi connectivity index (χ1) is 8.48. The van der Waals surface area contributed by atoms with E-state index in [9.17, 15) is 13.2 Å². The number of para-hydroxylation sites is 2. The SMILES string of the molecule is Nc1ccccc1NC(c1cccs1)C(F)(F)F. The zero-order chi connectivity index (χ0) is 13.2. The Morgan fingerprint density at radius 2 is 1.83 bits per heavy atom. The van der Waals surface area contributed by atoms with Crippen molar-refractivity contribution in [2.24, 2.45) is 0 Å². The highest BCUT2D eigenvalue weighted by Gasteiger charge is 2.41. The molecule has 0 fully saturated rings. The maximum absolute atomic E-state index is 13.0. The van der Waals surface area contributed by atoms with Crippen LogP contribution in [-0.4, -0.2) is 6.18 Å². The Bertz CT molecular complexity index is 508. The number of hydrogen-bond acceptors (Lipinski definition) is 3. The lowest BCUT2D eigenvalue weighted by Crippen LogP contribution is -2.27. The topological polar surface area (TPSA) is 38.0 Å². The van der Waals surface area contributed by atoms with Crippen molar-refractivity contribution < 1.29 is 13.2 Å². The first-order valence-corrected chi connectivity index (χ1v) is 6.07. The van der Waals surface area contributed by atoms with Crippen molar-refractivity contribution in [3.8, 4) is 0 Å². The second-order valence-corrected chi connectivity index (χ2v) is 4.70. The van der Waals surface area contributed by atoms with Gasteiger partial charge in [0.15, 0.2) is 6.04 Å². The lowest BCUT2D eigenvalue weighted by molar-refractivity contribution is -0.143. The molecule has 0 aliphatic carbocycles. The van der Waals surface area contributed by atoms with Crippen molar-refractivity contribution in [3.63, 3.8) is 0 Å². The van der Waals surface area contributed by atoms with E-state index >= 15 is 0 Å². The standard InChI is InChI=1S/C12H11F3N2S/c13-12(14,15)11(10-6-3-7-18-10)17-9-5-2-1-4-8(9)16/h1-7,11,17H,16H2. The molecule has 1 atom stereocenters. The lowest BCUT2D eigenvalue weighted by Gasteiger charge is -2.22. The minimum Gasteiger partial charge on any atom is -0.397 e. The third kappa shape index (κ3) is 2.76. The summed E-state index contributed by atoms with van der Waals surface area (Å²) in [4.78, 5) is 0.214. The molecule has 0 bridgehead atoms. The number of halogens is 3. The zero-order valence-corrected chi connectivity index (χ0v) is 10.1. The molecule has 3 N–H and O–H groups in total. The van der Waals surface area contributed by atoms with Gasteiger partial charge in [0.25, 0.3) is 0 Å². The van der Waals surface area contributed by atoms with Crippen LogP contribution in [0.2, 0.25) is 0 Å². The van der Waals surface area contributed by atoms with Gasteiger partial charge in [0.2, 0.25) is 0 Å². The van der Waals surface area contributed by atoms with Crippen molar-refractivity contribution in [1.82, 2.24) is 0 Å². The van der Waals surface area contributed by atoms with Crippen LogP contribution in [0.1, 0.15) is 10.9 Å². The Kier molecular flexibility index (Phi) is 3.47. The van der Waals surface area contributed by atoms with E-state index in [0.29, 0.717) is 5.69 Å². The number of nitrogen functional groups attached to an aromatic ring is 1. The Labute approximate surface area is 106 Å². The Morgan fingerprint density at radius 3 is 2.39 bits per heavy atom. The van der Waals surface area contributed by atoms with E-state index in [2.05, 4.69) is 5.32 Å². The Balaban J connectivity index is 2.30. The summed E-state index contributed by atoms with van der Waals surface area (Å²) in [5.74, 6) is 0. The number of thiophene rings is 1. The van der Waals surface area contributed by atoms with Gasteiger partial charge < -0.3 is 11.1 Å². The van der Waals surface area contributed by atoms with Crippen molar-refractivity contribution >= 4 is 22.7 Å². The first-order valence-electron chi connectivity index (χ1n) is 5.19. The van der Waals surface area contributed by atoms with Crippen LogP contribution in [0.3, 0.4) is 0 Å². The van der Waals surface area contributed by atoms with Gasteiger partial charge in [-0.15, -0.1) is 11.3 Å². The number of benzene rings is 1. The van der Waals surface area contributed by atoms with Gasteiger partial charge in [-0.05, 0) is 23.6 Å². The molecule has 2 nitrogen and oxygen atoms in total. The van der Waals surface area contributed by atoms with E-state index < -0.39 is 12.2 Å². The Morgan fingerprint density at radius 1 is 1.11 bits per heavy atom. The lowest BCUT2D eigenvalue weighted by atomic mass is 10.2. The van der Waals surface area contributed by atoms with E-state index in [1.165, 1.54) is 12.1 Å². The van der Waals surface area contributed by atoms with Crippen LogP contribution in [0.5, 0.6) is 0 Å². The van der Waals surface area contributed by atoms with Crippen LogP contribution in [0.25, 0.3) is 0 Å². The number of nitrogens with two attached hydrogens (primary N) is 1. The molecule has 0 aliphatic heterocycles. The van der Waals surface area contributed by atoms with Crippen LogP contribution in [0.15, 0.2) is 41.8 Å². The number of anilines is 2. The number of alkyl halides is 3. The summed E-state index contributed by atoms with van der Waals surface area (Å²) in [6.07, 6.45) is -4.37. The maximum Gasteiger partial charge on any atom is 0.413 e. The van der Waals surface area contributed by atoms with Crippen LogP contribution in [-0.2, 0) is 0 Å². The molecule has 2 aromatic rings. The average molecular weight is 272 g/mol. The summed E-state index contributed by atoms with van der Waals surface area (Å²) in [5, 5.41) is 4.07. The quantitative estimate of drug-likeness (QED) is 0.827. The largest absolute Gasteiger partial charge is 0.413 e. The van der Waals surface area contributed by atoms with Crippen molar-refractivity contribution in [1.29, 1.82) is 0 Å². The van der Waals surface area contributed by atoms with Gasteiger partial charge in [-0.3, -0.25) is 0 Å². The highest BCUT2D eigenvalue weighted by atomic mass is 32.1. The minimum atomic E-state index is -4.37. The van der Waals surface area contributed by atoms with Gasteiger partial charge in [-0.25, -0.2) is 0 Å². The molecule has 0 saturated carbocycles. The molecule has 18 heavy (non-hydrogen) atoms. The van der Waals surface area contributed by atoms with Crippen LogP contribution >= 0.6 is 11.3 Å². The minimum absolute atomic E-state index is 0.214. The summed E-state index contributed by atoms with van der Waals surface area (Å²) >= 11 is 1.06. The molecule has 0 aliphatic rings. The molecular weight excluding hydrogens is 261 g/mol. The Hall–Kier alpha value is -1.69. The third-order valence-corrected chi connectivity index (χ3v) is 3.35. The summed E-state index contributed by atoms with van der Waals surface area (Å²) in [7, 11) is 0. The van der Waals surface area contributed by atoms with Gasteiger partial charge >= 0.3 is 6.18 Å². The van der Waals surface area contributed by atoms with E-state index in [1.807, 2.05) is 0 Å². The van der Waals surface area contributed by atoms with Crippen LogP contribution in [0.4, 0.5) is 24.5 Å². The van der Waals surface area contributed by atoms with Crippen LogP contribution < -0.4 is 11.1 Å². The van der Waals surface area contributed by atoms with Gasteiger partial charge in [-0.1, -0.05) is 18.2 Å². The van der Waals surface area contributed by atoms with E-state index in [4.69, 9.17) is 5.73 Å². The predicted octanol–water partition coefficient (Wildman–Crippen LogP) is 4.05. The maximum atomic E-state index is 13.0. The summed E-state index contributed by atoms with van der Waals surface area (Å²) in [6.45, 7) is 0. The highest BCUT2D eigenvalue weighted by molar-refractivity contribution is 7.10. The molecule has 96 valence electrons. The van der Waals surface area contributed by atoms with Crippen molar-refractivity contribution in [3.05, 3.63) is 46.7 Å². The van der Waals surface area contributed by atoms with Crippen LogP contribution in [0, 0.1) is 0 Å². The molecule has 0 saturated heterocycles. The number of nitrogens with one attached hydrogen (secondary N) is 1. The molecular formula is C12H11F3N2S. The highest BCUT2D eigenvalue weighted by Crippen LogP contribution is 2.38. The fraction of sp³-hybridized carbons (Fsp3) is 0.167. The molecule has 1 heterocycles. The molecule has 1 unspecified atom stereocenters. The molecule has 2 rings (SSSR count). The second kappa shape index (κ2) is 4.89. The fourth-order valence-electron chi connectivity index (χ4n) is 1.55. The first kappa shape index (κ1) is 12.8. The van der Waals surface area contributed by atoms with Crippen molar-refractivity contribution in [2.75, 3.05) is 11.1 Å². The van der Waals surface area contributed by atoms with Gasteiger partial charge in [0.1, 0.15) is 0 Å². The third-order valence-electron chi connectivity index (χ3n) is 2.42. The molecule has 1 aromatic heterocycles. The van der Waals surface area contributed by atoms with E-state index in [1.54, 1.807) is 29.6 Å². The van der Waals surface area contributed by atoms with Gasteiger partial charge in [0, 0.05) is 4.88 Å². The number of hydrogen-bond donors (Lipinski definition) is 2. The van der Waals surface area contributed by atoms with Gasteiger partial charge in [-0.2, -0.15) is 13.2 Å². The normalized spacial score (nSPS) is 13.3. The second-order valence-electron chi connectivity index (χ2n) is 3.72. The molecule has 0 spiro atoms.